The van der Waals surface area contributed by atoms with E-state index in [0.717, 1.165) is 0 Å². The summed E-state index contributed by atoms with van der Waals surface area (Å²) in [7, 11) is 0. The number of nitrogens with zero attached hydrogens (tertiary/aromatic N) is 3. The van der Waals surface area contributed by atoms with Crippen molar-refractivity contribution in [2.45, 2.75) is 19.4 Å². The van der Waals surface area contributed by atoms with Crippen molar-refractivity contribution in [1.82, 2.24) is 15.1 Å². The molecule has 0 atom stereocenters. The number of anilines is 1. The first kappa shape index (κ1) is 19.2. The van der Waals surface area contributed by atoms with Crippen LogP contribution in [-0.2, 0) is 16.1 Å². The molecule has 1 aliphatic rings. The molecule has 1 aromatic heterocycles. The molecule has 2 heterocycles. The van der Waals surface area contributed by atoms with Gasteiger partial charge in [0.2, 0.25) is 5.91 Å². The number of hydrogen-bond acceptors (Lipinski definition) is 6. The molecule has 0 saturated heterocycles. The van der Waals surface area contributed by atoms with Gasteiger partial charge in [0, 0.05) is 24.1 Å². The third-order valence-electron chi connectivity index (χ3n) is 4.45. The number of benzene rings is 2. The van der Waals surface area contributed by atoms with Crippen LogP contribution < -0.4 is 11.1 Å². The molecule has 2 aromatic carbocycles. The van der Waals surface area contributed by atoms with Gasteiger partial charge in [-0.25, -0.2) is 14.2 Å². The molecule has 30 heavy (non-hydrogen) atoms. The first-order valence-electron chi connectivity index (χ1n) is 9.08. The Hall–Kier alpha value is -4.08. The van der Waals surface area contributed by atoms with Crippen LogP contribution >= 0.6 is 0 Å². The van der Waals surface area contributed by atoms with E-state index in [9.17, 15) is 18.8 Å². The largest absolute Gasteiger partial charge is 0.439 e. The highest BCUT2D eigenvalue weighted by Crippen LogP contribution is 2.20. The van der Waals surface area contributed by atoms with E-state index in [0.29, 0.717) is 16.8 Å². The van der Waals surface area contributed by atoms with Crippen LogP contribution in [0.1, 0.15) is 18.4 Å². The van der Waals surface area contributed by atoms with E-state index in [2.05, 4.69) is 25.1 Å². The fourth-order valence-electron chi connectivity index (χ4n) is 2.95. The first-order valence-corrected chi connectivity index (χ1v) is 9.08. The molecule has 152 valence electrons. The van der Waals surface area contributed by atoms with Crippen LogP contribution in [0.3, 0.4) is 0 Å². The number of hydrogen-bond donors (Lipinski definition) is 2. The highest BCUT2D eigenvalue weighted by Gasteiger charge is 2.24. The molecular formula is C20H16FN5O4. The van der Waals surface area contributed by atoms with Gasteiger partial charge in [-0.2, -0.15) is 5.10 Å². The van der Waals surface area contributed by atoms with Crippen molar-refractivity contribution in [1.29, 1.82) is 0 Å². The van der Waals surface area contributed by atoms with E-state index in [-0.39, 0.29) is 42.6 Å². The summed E-state index contributed by atoms with van der Waals surface area (Å²) in [6, 6.07) is 12.4. The van der Waals surface area contributed by atoms with Crippen LogP contribution in [0.15, 0.2) is 62.9 Å². The number of aromatic amines is 1. The molecule has 10 heteroatoms. The van der Waals surface area contributed by atoms with E-state index >= 15 is 0 Å². The number of halogens is 1. The van der Waals surface area contributed by atoms with E-state index in [1.807, 2.05) is 0 Å². The zero-order valence-electron chi connectivity index (χ0n) is 15.6. The maximum atomic E-state index is 13.1. The van der Waals surface area contributed by atoms with Crippen molar-refractivity contribution in [3.63, 3.8) is 0 Å². The maximum Gasteiger partial charge on any atom is 0.439 e. The molecule has 4 rings (SSSR count). The Kier molecular flexibility index (Phi) is 5.21. The number of carbonyl (C=O) groups excluding carboxylic acids is 2. The number of carbonyl (C=O) groups is 2. The molecule has 2 N–H and O–H groups in total. The number of H-pyrrole nitrogens is 1. The minimum Gasteiger partial charge on any atom is -0.321 e. The van der Waals surface area contributed by atoms with Gasteiger partial charge in [0.15, 0.2) is 5.82 Å². The van der Waals surface area contributed by atoms with Crippen molar-refractivity contribution < 1.29 is 18.5 Å². The third-order valence-corrected chi connectivity index (χ3v) is 4.45. The van der Waals surface area contributed by atoms with Crippen LogP contribution in [0, 0.1) is 5.82 Å². The fraction of sp³-hybridized carbons (Fsp3) is 0.150. The van der Waals surface area contributed by atoms with Crippen molar-refractivity contribution in [3.05, 3.63) is 70.5 Å². The van der Waals surface area contributed by atoms with Crippen LogP contribution in [0.2, 0.25) is 0 Å². The topological polar surface area (TPSA) is 121 Å². The fourth-order valence-corrected chi connectivity index (χ4v) is 2.95. The Labute approximate surface area is 169 Å². The van der Waals surface area contributed by atoms with Gasteiger partial charge in [-0.1, -0.05) is 29.4 Å². The second-order valence-electron chi connectivity index (χ2n) is 6.60. The lowest BCUT2D eigenvalue weighted by molar-refractivity contribution is -0.132. The Morgan fingerprint density at radius 3 is 2.70 bits per heavy atom. The number of rotatable bonds is 5. The Balaban J connectivity index is 1.49. The summed E-state index contributed by atoms with van der Waals surface area (Å²) in [6.07, 6.45) is 0.356. The highest BCUT2D eigenvalue weighted by molar-refractivity contribution is 6.43. The van der Waals surface area contributed by atoms with Crippen molar-refractivity contribution in [2.75, 3.05) is 5.32 Å². The third kappa shape index (κ3) is 4.32. The summed E-state index contributed by atoms with van der Waals surface area (Å²) in [6.45, 7) is 0.144. The van der Waals surface area contributed by atoms with E-state index in [4.69, 9.17) is 0 Å². The standard InChI is InChI=1S/C20H16FN5O4/c21-14-6-4-12(5-7-14)11-26-17(27)9-8-16(24-26)19(28)22-15-3-1-2-13(10-15)18-23-20(29)30-25-18/h1-7,10H,8-9,11H2,(H,22,28)(H,23,25,29). The average molecular weight is 409 g/mol. The molecule has 3 aromatic rings. The molecule has 0 saturated carbocycles. The quantitative estimate of drug-likeness (QED) is 0.670. The summed E-state index contributed by atoms with van der Waals surface area (Å²) >= 11 is 0. The Morgan fingerprint density at radius 2 is 1.97 bits per heavy atom. The number of aromatic nitrogens is 2. The summed E-state index contributed by atoms with van der Waals surface area (Å²) < 4.78 is 17.6. The van der Waals surface area contributed by atoms with Crippen molar-refractivity contribution >= 4 is 23.2 Å². The monoisotopic (exact) mass is 409 g/mol. The van der Waals surface area contributed by atoms with Crippen LogP contribution in [0.4, 0.5) is 10.1 Å². The number of amides is 2. The lowest BCUT2D eigenvalue weighted by atomic mass is 10.1. The molecule has 9 nitrogen and oxygen atoms in total. The van der Waals surface area contributed by atoms with Gasteiger partial charge in [0.1, 0.15) is 11.5 Å². The molecule has 0 spiro atoms. The molecule has 0 aliphatic carbocycles. The summed E-state index contributed by atoms with van der Waals surface area (Å²) in [5.41, 5.74) is 1.92. The minimum atomic E-state index is -0.679. The molecule has 0 radical (unpaired) electrons. The summed E-state index contributed by atoms with van der Waals surface area (Å²) in [5.74, 6) is -1.47. The first-order chi connectivity index (χ1) is 14.5. The number of nitrogens with one attached hydrogen (secondary N) is 2. The van der Waals surface area contributed by atoms with Gasteiger partial charge in [-0.3, -0.25) is 19.1 Å². The van der Waals surface area contributed by atoms with Gasteiger partial charge in [0.25, 0.3) is 5.91 Å². The zero-order valence-corrected chi connectivity index (χ0v) is 15.6. The van der Waals surface area contributed by atoms with Crippen molar-refractivity contribution in [3.8, 4) is 11.4 Å². The van der Waals surface area contributed by atoms with Crippen LogP contribution in [0.25, 0.3) is 11.4 Å². The molecular weight excluding hydrogens is 393 g/mol. The smallest absolute Gasteiger partial charge is 0.321 e. The summed E-state index contributed by atoms with van der Waals surface area (Å²) in [5, 5.41) is 11.7. The van der Waals surface area contributed by atoms with E-state index in [1.54, 1.807) is 36.4 Å². The van der Waals surface area contributed by atoms with Gasteiger partial charge in [-0.05, 0) is 29.8 Å². The predicted octanol–water partition coefficient (Wildman–Crippen LogP) is 2.29. The molecule has 0 unspecified atom stereocenters. The van der Waals surface area contributed by atoms with E-state index in [1.165, 1.54) is 17.1 Å². The van der Waals surface area contributed by atoms with Crippen LogP contribution in [0.5, 0.6) is 0 Å². The Morgan fingerprint density at radius 1 is 1.17 bits per heavy atom. The SMILES string of the molecule is O=C(Nc1cccc(-c2noc(=O)[nH]2)c1)C1=NN(Cc2ccc(F)cc2)C(=O)CC1. The average Bonchev–Trinajstić information content (AvgIpc) is 3.18. The van der Waals surface area contributed by atoms with Gasteiger partial charge in [-0.15, -0.1) is 0 Å². The predicted molar refractivity (Wildman–Crippen MR) is 105 cm³/mol. The lowest BCUT2D eigenvalue weighted by Gasteiger charge is -2.23. The Bertz CT molecular complexity index is 1180. The minimum absolute atomic E-state index is 0.144. The second-order valence-corrected chi connectivity index (χ2v) is 6.60. The molecule has 2 amide bonds. The normalized spacial score (nSPS) is 13.8. The highest BCUT2D eigenvalue weighted by atomic mass is 19.1. The van der Waals surface area contributed by atoms with Gasteiger partial charge >= 0.3 is 5.76 Å². The second kappa shape index (κ2) is 8.11. The zero-order chi connectivity index (χ0) is 21.1. The molecule has 0 fully saturated rings. The maximum absolute atomic E-state index is 13.1. The van der Waals surface area contributed by atoms with Crippen molar-refractivity contribution in [2.24, 2.45) is 5.10 Å². The van der Waals surface area contributed by atoms with Gasteiger partial charge in [0.05, 0.1) is 6.54 Å². The lowest BCUT2D eigenvalue weighted by Crippen LogP contribution is -2.36. The van der Waals surface area contributed by atoms with Gasteiger partial charge < -0.3 is 5.32 Å². The summed E-state index contributed by atoms with van der Waals surface area (Å²) in [4.78, 5) is 38.4. The van der Waals surface area contributed by atoms with Crippen LogP contribution in [-0.4, -0.2) is 32.7 Å². The number of hydrazone groups is 1. The molecule has 0 bridgehead atoms. The van der Waals surface area contributed by atoms with E-state index < -0.39 is 11.7 Å². The molecule has 1 aliphatic heterocycles.